The molecule has 2 nitrogen and oxygen atoms in total. The van der Waals surface area contributed by atoms with Gasteiger partial charge >= 0.3 is 0 Å². The number of para-hydroxylation sites is 1. The lowest BCUT2D eigenvalue weighted by Gasteiger charge is -2.12. The molecule has 1 amide bonds. The molecular formula is C15H13ClFNOS. The molecule has 1 atom stereocenters. The van der Waals surface area contributed by atoms with Crippen LogP contribution in [-0.4, -0.2) is 11.2 Å². The Morgan fingerprint density at radius 2 is 1.85 bits per heavy atom. The first-order valence-corrected chi connectivity index (χ1v) is 7.29. The third kappa shape index (κ3) is 3.99. The van der Waals surface area contributed by atoms with Gasteiger partial charge in [-0.3, -0.25) is 4.79 Å². The van der Waals surface area contributed by atoms with E-state index in [-0.39, 0.29) is 16.8 Å². The fraction of sp³-hybridized carbons (Fsp3) is 0.133. The van der Waals surface area contributed by atoms with Crippen molar-refractivity contribution in [3.05, 3.63) is 59.4 Å². The van der Waals surface area contributed by atoms with Gasteiger partial charge in [-0.1, -0.05) is 23.7 Å². The van der Waals surface area contributed by atoms with Crippen LogP contribution in [0.2, 0.25) is 5.02 Å². The van der Waals surface area contributed by atoms with Crippen molar-refractivity contribution in [2.75, 3.05) is 5.32 Å². The number of halogens is 2. The molecule has 104 valence electrons. The molecule has 0 aliphatic rings. The molecule has 0 spiro atoms. The van der Waals surface area contributed by atoms with Crippen molar-refractivity contribution in [2.45, 2.75) is 17.1 Å². The predicted molar refractivity (Wildman–Crippen MR) is 81.8 cm³/mol. The minimum absolute atomic E-state index is 0.195. The summed E-state index contributed by atoms with van der Waals surface area (Å²) in [5.74, 6) is -0.681. The maximum atomic E-state index is 13.4. The van der Waals surface area contributed by atoms with Crippen LogP contribution in [0, 0.1) is 5.82 Å². The lowest BCUT2D eigenvalue weighted by Crippen LogP contribution is -2.22. The molecular weight excluding hydrogens is 297 g/mol. The number of nitrogens with one attached hydrogen (secondary N) is 1. The minimum Gasteiger partial charge on any atom is -0.323 e. The first kappa shape index (κ1) is 14.9. The summed E-state index contributed by atoms with van der Waals surface area (Å²) in [4.78, 5) is 12.9. The smallest absolute Gasteiger partial charge is 0.237 e. The minimum atomic E-state index is -0.440. The zero-order valence-electron chi connectivity index (χ0n) is 10.8. The normalized spacial score (nSPS) is 11.9. The van der Waals surface area contributed by atoms with Gasteiger partial charge in [0.2, 0.25) is 5.91 Å². The quantitative estimate of drug-likeness (QED) is 0.836. The van der Waals surface area contributed by atoms with Gasteiger partial charge in [0.15, 0.2) is 0 Å². The number of hydrogen-bond donors (Lipinski definition) is 1. The highest BCUT2D eigenvalue weighted by molar-refractivity contribution is 8.00. The van der Waals surface area contributed by atoms with Gasteiger partial charge < -0.3 is 5.32 Å². The third-order valence-corrected chi connectivity index (χ3v) is 3.99. The van der Waals surface area contributed by atoms with Crippen molar-refractivity contribution in [3.8, 4) is 0 Å². The van der Waals surface area contributed by atoms with Crippen LogP contribution >= 0.6 is 23.4 Å². The summed E-state index contributed by atoms with van der Waals surface area (Å²) in [5.41, 5.74) is 0.195. The van der Waals surface area contributed by atoms with Crippen LogP contribution in [0.3, 0.4) is 0 Å². The molecule has 0 bridgehead atoms. The van der Waals surface area contributed by atoms with Crippen molar-refractivity contribution in [1.29, 1.82) is 0 Å². The summed E-state index contributed by atoms with van der Waals surface area (Å²) in [7, 11) is 0. The van der Waals surface area contributed by atoms with Crippen molar-refractivity contribution in [1.82, 2.24) is 0 Å². The molecule has 0 aliphatic carbocycles. The van der Waals surface area contributed by atoms with Crippen LogP contribution in [0.4, 0.5) is 10.1 Å². The number of amides is 1. The third-order valence-electron chi connectivity index (χ3n) is 2.63. The van der Waals surface area contributed by atoms with E-state index >= 15 is 0 Å². The van der Waals surface area contributed by atoms with Gasteiger partial charge in [-0.2, -0.15) is 0 Å². The van der Waals surface area contributed by atoms with Crippen molar-refractivity contribution in [2.24, 2.45) is 0 Å². The zero-order valence-corrected chi connectivity index (χ0v) is 12.3. The van der Waals surface area contributed by atoms with E-state index in [4.69, 9.17) is 11.6 Å². The van der Waals surface area contributed by atoms with Gasteiger partial charge in [0, 0.05) is 9.92 Å². The molecule has 1 N–H and O–H groups in total. The molecule has 1 unspecified atom stereocenters. The molecule has 0 fully saturated rings. The van der Waals surface area contributed by atoms with Gasteiger partial charge in [0.1, 0.15) is 5.82 Å². The molecule has 20 heavy (non-hydrogen) atoms. The van der Waals surface area contributed by atoms with Gasteiger partial charge in [0.25, 0.3) is 0 Å². The monoisotopic (exact) mass is 309 g/mol. The topological polar surface area (TPSA) is 29.1 Å². The average molecular weight is 310 g/mol. The maximum Gasteiger partial charge on any atom is 0.237 e. The standard InChI is InChI=1S/C15H13ClFNOS/c1-10(20-12-8-6-11(16)7-9-12)15(19)18-14-5-3-2-4-13(14)17/h2-10H,1H3,(H,18,19). The van der Waals surface area contributed by atoms with Crippen LogP contribution in [0.1, 0.15) is 6.92 Å². The summed E-state index contributed by atoms with van der Waals surface area (Å²) < 4.78 is 13.4. The predicted octanol–water partition coefficient (Wildman–Crippen LogP) is 4.60. The highest BCUT2D eigenvalue weighted by Gasteiger charge is 2.15. The van der Waals surface area contributed by atoms with E-state index < -0.39 is 5.82 Å². The molecule has 5 heteroatoms. The molecule has 0 saturated carbocycles. The molecule has 0 heterocycles. The van der Waals surface area contributed by atoms with E-state index in [9.17, 15) is 9.18 Å². The lowest BCUT2D eigenvalue weighted by atomic mass is 10.3. The molecule has 0 aromatic heterocycles. The molecule has 2 aromatic rings. The summed E-state index contributed by atoms with van der Waals surface area (Å²) in [6, 6.07) is 13.3. The van der Waals surface area contributed by atoms with E-state index in [2.05, 4.69) is 5.32 Å². The zero-order chi connectivity index (χ0) is 14.5. The second-order valence-corrected chi connectivity index (χ2v) is 6.03. The maximum absolute atomic E-state index is 13.4. The largest absolute Gasteiger partial charge is 0.323 e. The van der Waals surface area contributed by atoms with Gasteiger partial charge in [-0.25, -0.2) is 4.39 Å². The van der Waals surface area contributed by atoms with E-state index in [0.29, 0.717) is 5.02 Å². The van der Waals surface area contributed by atoms with E-state index in [1.807, 2.05) is 12.1 Å². The van der Waals surface area contributed by atoms with Crippen LogP contribution in [-0.2, 0) is 4.79 Å². The van der Waals surface area contributed by atoms with Crippen LogP contribution in [0.15, 0.2) is 53.4 Å². The number of carbonyl (C=O) groups excluding carboxylic acids is 1. The number of anilines is 1. The Morgan fingerprint density at radius 1 is 1.20 bits per heavy atom. The summed E-state index contributed by atoms with van der Waals surface area (Å²) >= 11 is 7.20. The van der Waals surface area contributed by atoms with Crippen LogP contribution in [0.5, 0.6) is 0 Å². The van der Waals surface area contributed by atoms with Crippen LogP contribution < -0.4 is 5.32 Å². The summed E-state index contributed by atoms with van der Waals surface area (Å²) in [6.07, 6.45) is 0. The Morgan fingerprint density at radius 3 is 2.50 bits per heavy atom. The van der Waals surface area contributed by atoms with E-state index in [1.165, 1.54) is 23.9 Å². The number of thioether (sulfide) groups is 1. The molecule has 2 rings (SSSR count). The second-order valence-electron chi connectivity index (χ2n) is 4.18. The Balaban J connectivity index is 1.99. The van der Waals surface area contributed by atoms with Gasteiger partial charge in [0.05, 0.1) is 10.9 Å². The fourth-order valence-electron chi connectivity index (χ4n) is 1.57. The number of hydrogen-bond acceptors (Lipinski definition) is 2. The highest BCUT2D eigenvalue weighted by Crippen LogP contribution is 2.25. The molecule has 0 radical (unpaired) electrons. The summed E-state index contributed by atoms with van der Waals surface area (Å²) in [6.45, 7) is 1.77. The fourth-order valence-corrected chi connectivity index (χ4v) is 2.56. The molecule has 2 aromatic carbocycles. The average Bonchev–Trinajstić information content (AvgIpc) is 2.44. The highest BCUT2D eigenvalue weighted by atomic mass is 35.5. The first-order chi connectivity index (χ1) is 9.56. The van der Waals surface area contributed by atoms with Crippen molar-refractivity contribution in [3.63, 3.8) is 0 Å². The number of rotatable bonds is 4. The number of carbonyl (C=O) groups is 1. The van der Waals surface area contributed by atoms with E-state index in [0.717, 1.165) is 4.90 Å². The Labute approximate surface area is 126 Å². The van der Waals surface area contributed by atoms with Crippen molar-refractivity contribution < 1.29 is 9.18 Å². The number of benzene rings is 2. The molecule has 0 aliphatic heterocycles. The summed E-state index contributed by atoms with van der Waals surface area (Å²) in [5, 5.41) is 2.89. The lowest BCUT2D eigenvalue weighted by molar-refractivity contribution is -0.115. The first-order valence-electron chi connectivity index (χ1n) is 6.04. The molecule has 0 saturated heterocycles. The van der Waals surface area contributed by atoms with Crippen LogP contribution in [0.25, 0.3) is 0 Å². The van der Waals surface area contributed by atoms with Crippen molar-refractivity contribution >= 4 is 35.0 Å². The Bertz CT molecular complexity index is 603. The Hall–Kier alpha value is -1.52. The SMILES string of the molecule is CC(Sc1ccc(Cl)cc1)C(=O)Nc1ccccc1F. The van der Waals surface area contributed by atoms with E-state index in [1.54, 1.807) is 31.2 Å². The Kier molecular flexibility index (Phi) is 5.04. The van der Waals surface area contributed by atoms with Gasteiger partial charge in [-0.05, 0) is 43.3 Å². The second kappa shape index (κ2) is 6.77. The van der Waals surface area contributed by atoms with Gasteiger partial charge in [-0.15, -0.1) is 11.8 Å².